The highest BCUT2D eigenvalue weighted by Gasteiger charge is 2.17. The van der Waals surface area contributed by atoms with E-state index in [0.717, 1.165) is 36.2 Å². The molecule has 1 heterocycles. The van der Waals surface area contributed by atoms with Crippen molar-refractivity contribution in [3.63, 3.8) is 0 Å². The Morgan fingerprint density at radius 1 is 1.10 bits per heavy atom. The Morgan fingerprint density at radius 3 is 2.62 bits per heavy atom. The second kappa shape index (κ2) is 6.74. The molecule has 21 heavy (non-hydrogen) atoms. The van der Waals surface area contributed by atoms with Gasteiger partial charge in [-0.05, 0) is 44.7 Å². The van der Waals surface area contributed by atoms with Crippen LogP contribution in [0.4, 0.5) is 5.95 Å². The van der Waals surface area contributed by atoms with Crippen molar-refractivity contribution in [2.24, 2.45) is 0 Å². The summed E-state index contributed by atoms with van der Waals surface area (Å²) in [6.07, 6.45) is 7.73. The highest BCUT2D eigenvalue weighted by atomic mass is 16.5. The molecule has 2 aromatic rings. The van der Waals surface area contributed by atoms with E-state index in [1.165, 1.54) is 25.7 Å². The molecule has 1 aliphatic rings. The van der Waals surface area contributed by atoms with Gasteiger partial charge in [0.15, 0.2) is 0 Å². The quantitative estimate of drug-likeness (QED) is 0.857. The van der Waals surface area contributed by atoms with E-state index in [1.54, 1.807) is 0 Å². The molecule has 0 unspecified atom stereocenters. The van der Waals surface area contributed by atoms with E-state index in [1.807, 2.05) is 31.2 Å². The first kappa shape index (κ1) is 14.1. The maximum atomic E-state index is 6.24. The van der Waals surface area contributed by atoms with E-state index >= 15 is 0 Å². The fourth-order valence-corrected chi connectivity index (χ4v) is 2.89. The lowest BCUT2D eigenvalue weighted by Gasteiger charge is -2.18. The van der Waals surface area contributed by atoms with Crippen LogP contribution in [0.5, 0.6) is 5.88 Å². The molecule has 3 rings (SSSR count). The van der Waals surface area contributed by atoms with E-state index in [2.05, 4.69) is 15.3 Å². The molecule has 1 N–H and O–H groups in total. The van der Waals surface area contributed by atoms with Crippen molar-refractivity contribution in [1.82, 2.24) is 9.97 Å². The normalized spacial score (nSPS) is 16.6. The molecule has 1 aromatic carbocycles. The number of aromatic nitrogens is 2. The van der Waals surface area contributed by atoms with Crippen LogP contribution in [-0.2, 0) is 0 Å². The Morgan fingerprint density at radius 2 is 1.86 bits per heavy atom. The Labute approximate surface area is 125 Å². The Balaban J connectivity index is 1.91. The number of rotatable bonds is 4. The predicted molar refractivity (Wildman–Crippen MR) is 85.8 cm³/mol. The molecule has 0 bridgehead atoms. The van der Waals surface area contributed by atoms with Gasteiger partial charge in [-0.2, -0.15) is 4.98 Å². The summed E-state index contributed by atoms with van der Waals surface area (Å²) >= 11 is 0. The minimum Gasteiger partial charge on any atom is -0.474 e. The van der Waals surface area contributed by atoms with Crippen molar-refractivity contribution < 1.29 is 4.74 Å². The maximum Gasteiger partial charge on any atom is 0.226 e. The topological polar surface area (TPSA) is 47.0 Å². The van der Waals surface area contributed by atoms with Crippen molar-refractivity contribution in [3.8, 4) is 5.88 Å². The largest absolute Gasteiger partial charge is 0.474 e. The van der Waals surface area contributed by atoms with Crippen LogP contribution < -0.4 is 10.1 Å². The van der Waals surface area contributed by atoms with Gasteiger partial charge in [-0.3, -0.25) is 0 Å². The van der Waals surface area contributed by atoms with E-state index in [9.17, 15) is 0 Å². The van der Waals surface area contributed by atoms with Gasteiger partial charge in [0, 0.05) is 6.54 Å². The van der Waals surface area contributed by atoms with Crippen LogP contribution in [0, 0.1) is 0 Å². The lowest BCUT2D eigenvalue weighted by atomic mass is 10.1. The summed E-state index contributed by atoms with van der Waals surface area (Å²) in [4.78, 5) is 9.11. The molecule has 1 aliphatic carbocycles. The number of anilines is 1. The summed E-state index contributed by atoms with van der Waals surface area (Å²) in [5, 5.41) is 4.19. The molecular weight excluding hydrogens is 262 g/mol. The van der Waals surface area contributed by atoms with Crippen LogP contribution in [0.3, 0.4) is 0 Å². The minimum absolute atomic E-state index is 0.292. The number of ether oxygens (including phenoxy) is 1. The third-order valence-corrected chi connectivity index (χ3v) is 3.98. The molecule has 1 saturated carbocycles. The highest BCUT2D eigenvalue weighted by Crippen LogP contribution is 2.28. The van der Waals surface area contributed by atoms with E-state index in [4.69, 9.17) is 4.74 Å². The van der Waals surface area contributed by atoms with Gasteiger partial charge in [-0.15, -0.1) is 0 Å². The van der Waals surface area contributed by atoms with Crippen LogP contribution in [-0.4, -0.2) is 22.6 Å². The summed E-state index contributed by atoms with van der Waals surface area (Å²) in [7, 11) is 0. The zero-order valence-corrected chi connectivity index (χ0v) is 12.6. The van der Waals surface area contributed by atoms with Crippen molar-refractivity contribution >= 4 is 16.9 Å². The van der Waals surface area contributed by atoms with Gasteiger partial charge in [0.25, 0.3) is 0 Å². The number of fused-ring (bicyclic) bond motifs is 1. The summed E-state index contributed by atoms with van der Waals surface area (Å²) in [5.74, 6) is 1.38. The van der Waals surface area contributed by atoms with Crippen LogP contribution in [0.25, 0.3) is 10.9 Å². The summed E-state index contributed by atoms with van der Waals surface area (Å²) < 4.78 is 6.24. The number of nitrogens with zero attached hydrogens (tertiary/aromatic N) is 2. The number of nitrogens with one attached hydrogen (secondary N) is 1. The second-order valence-corrected chi connectivity index (χ2v) is 5.63. The maximum absolute atomic E-state index is 6.24. The van der Waals surface area contributed by atoms with Crippen LogP contribution in [0.15, 0.2) is 24.3 Å². The molecular formula is C17H23N3O. The summed E-state index contributed by atoms with van der Waals surface area (Å²) in [6.45, 7) is 2.85. The van der Waals surface area contributed by atoms with Crippen molar-refractivity contribution in [2.75, 3.05) is 11.9 Å². The first-order valence-electron chi connectivity index (χ1n) is 8.04. The Kier molecular flexibility index (Phi) is 4.53. The minimum atomic E-state index is 0.292. The average molecular weight is 285 g/mol. The fourth-order valence-electron chi connectivity index (χ4n) is 2.89. The van der Waals surface area contributed by atoms with Crippen molar-refractivity contribution in [2.45, 2.75) is 51.6 Å². The standard InChI is InChI=1S/C17H23N3O/c1-2-18-17-19-15-12-8-7-11-14(15)16(20-17)21-13-9-5-3-4-6-10-13/h7-8,11-13H,2-6,9-10H2,1H3,(H,18,19,20). The summed E-state index contributed by atoms with van der Waals surface area (Å²) in [6, 6.07) is 8.06. The summed E-state index contributed by atoms with van der Waals surface area (Å²) in [5.41, 5.74) is 0.937. The molecule has 0 saturated heterocycles. The van der Waals surface area contributed by atoms with Crippen molar-refractivity contribution in [3.05, 3.63) is 24.3 Å². The van der Waals surface area contributed by atoms with Crippen LogP contribution >= 0.6 is 0 Å². The van der Waals surface area contributed by atoms with Gasteiger partial charge in [0.1, 0.15) is 6.10 Å². The monoisotopic (exact) mass is 285 g/mol. The van der Waals surface area contributed by atoms with E-state index in [0.29, 0.717) is 12.1 Å². The number of hydrogen-bond donors (Lipinski definition) is 1. The lowest BCUT2D eigenvalue weighted by molar-refractivity contribution is 0.179. The lowest BCUT2D eigenvalue weighted by Crippen LogP contribution is -2.17. The van der Waals surface area contributed by atoms with Gasteiger partial charge in [-0.1, -0.05) is 25.0 Å². The molecule has 112 valence electrons. The Bertz CT molecular complexity index is 592. The molecule has 0 spiro atoms. The molecule has 0 amide bonds. The first-order valence-corrected chi connectivity index (χ1v) is 8.04. The molecule has 0 aliphatic heterocycles. The van der Waals surface area contributed by atoms with Crippen LogP contribution in [0.1, 0.15) is 45.4 Å². The highest BCUT2D eigenvalue weighted by molar-refractivity contribution is 5.84. The number of para-hydroxylation sites is 1. The van der Waals surface area contributed by atoms with E-state index < -0.39 is 0 Å². The first-order chi connectivity index (χ1) is 10.4. The van der Waals surface area contributed by atoms with Crippen molar-refractivity contribution in [1.29, 1.82) is 0 Å². The molecule has 4 heteroatoms. The van der Waals surface area contributed by atoms with Gasteiger partial charge in [-0.25, -0.2) is 4.98 Å². The molecule has 0 atom stereocenters. The van der Waals surface area contributed by atoms with Gasteiger partial charge in [0.05, 0.1) is 10.9 Å². The average Bonchev–Trinajstić information content (AvgIpc) is 2.76. The third kappa shape index (κ3) is 3.43. The van der Waals surface area contributed by atoms with Gasteiger partial charge < -0.3 is 10.1 Å². The smallest absolute Gasteiger partial charge is 0.226 e. The molecule has 0 radical (unpaired) electrons. The SMILES string of the molecule is CCNc1nc(OC2CCCCCC2)c2ccccc2n1. The molecule has 4 nitrogen and oxygen atoms in total. The Hall–Kier alpha value is -1.84. The zero-order chi connectivity index (χ0) is 14.5. The predicted octanol–water partition coefficient (Wildman–Crippen LogP) is 4.16. The number of benzene rings is 1. The van der Waals surface area contributed by atoms with Gasteiger partial charge in [0.2, 0.25) is 11.8 Å². The third-order valence-electron chi connectivity index (χ3n) is 3.98. The van der Waals surface area contributed by atoms with Crippen LogP contribution in [0.2, 0.25) is 0 Å². The van der Waals surface area contributed by atoms with E-state index in [-0.39, 0.29) is 0 Å². The molecule has 1 aromatic heterocycles. The van der Waals surface area contributed by atoms with Gasteiger partial charge >= 0.3 is 0 Å². The second-order valence-electron chi connectivity index (χ2n) is 5.63. The molecule has 1 fully saturated rings. The fraction of sp³-hybridized carbons (Fsp3) is 0.529. The zero-order valence-electron chi connectivity index (χ0n) is 12.6. The number of hydrogen-bond acceptors (Lipinski definition) is 4.